The van der Waals surface area contributed by atoms with Crippen LogP contribution in [0.2, 0.25) is 0 Å². The lowest BCUT2D eigenvalue weighted by Crippen LogP contribution is -2.12. The molecule has 2 nitrogen and oxygen atoms in total. The first-order chi connectivity index (χ1) is 4.58. The van der Waals surface area contributed by atoms with Crippen LogP contribution in [0.5, 0.6) is 0 Å². The second-order valence-electron chi connectivity index (χ2n) is 1.77. The third-order valence-corrected chi connectivity index (χ3v) is 0.871. The molecule has 0 saturated carbocycles. The Kier molecular flexibility index (Phi) is 1.65. The zero-order valence-electron chi connectivity index (χ0n) is 4.87. The van der Waals surface area contributed by atoms with E-state index in [0.717, 1.165) is 0 Å². The second-order valence-corrected chi connectivity index (χ2v) is 1.77. The van der Waals surface area contributed by atoms with Gasteiger partial charge in [0.05, 0.1) is 0 Å². The standard InChI is InChI=1S/C5H4F3N2/c6-5(7,8)3-4-9-1-2-10-4/h1H,3H2,(H,9,10). The fraction of sp³-hybridized carbons (Fsp3) is 0.400. The van der Waals surface area contributed by atoms with Crippen molar-refractivity contribution in [3.05, 3.63) is 18.2 Å². The van der Waals surface area contributed by atoms with Gasteiger partial charge in [0.15, 0.2) is 0 Å². The SMILES string of the molecule is FC(F)(F)Cc1n[c]c[nH]1. The molecule has 0 saturated heterocycles. The summed E-state index contributed by atoms with van der Waals surface area (Å²) in [6, 6.07) is 0. The van der Waals surface area contributed by atoms with Crippen LogP contribution >= 0.6 is 0 Å². The minimum atomic E-state index is -4.19. The van der Waals surface area contributed by atoms with Crippen molar-refractivity contribution in [2.75, 3.05) is 0 Å². The summed E-state index contributed by atoms with van der Waals surface area (Å²) in [6.45, 7) is 0. The highest BCUT2D eigenvalue weighted by Crippen LogP contribution is 2.18. The predicted molar refractivity (Wildman–Crippen MR) is 27.2 cm³/mol. The summed E-state index contributed by atoms with van der Waals surface area (Å²) >= 11 is 0. The molecule has 1 N–H and O–H groups in total. The Morgan fingerprint density at radius 1 is 1.60 bits per heavy atom. The highest BCUT2D eigenvalue weighted by molar-refractivity contribution is 4.87. The van der Waals surface area contributed by atoms with E-state index < -0.39 is 12.6 Å². The van der Waals surface area contributed by atoms with Crippen molar-refractivity contribution in [2.24, 2.45) is 0 Å². The van der Waals surface area contributed by atoms with Crippen LogP contribution < -0.4 is 0 Å². The topological polar surface area (TPSA) is 28.7 Å². The number of hydrogen-bond acceptors (Lipinski definition) is 1. The highest BCUT2D eigenvalue weighted by Gasteiger charge is 2.28. The minimum Gasteiger partial charge on any atom is -0.348 e. The van der Waals surface area contributed by atoms with Crippen molar-refractivity contribution in [3.8, 4) is 0 Å². The molecule has 55 valence electrons. The maximum absolute atomic E-state index is 11.5. The third kappa shape index (κ3) is 2.08. The Morgan fingerprint density at radius 2 is 2.30 bits per heavy atom. The van der Waals surface area contributed by atoms with Crippen LogP contribution in [0.3, 0.4) is 0 Å². The molecule has 0 spiro atoms. The van der Waals surface area contributed by atoms with E-state index in [4.69, 9.17) is 0 Å². The predicted octanol–water partition coefficient (Wildman–Crippen LogP) is 1.31. The summed E-state index contributed by atoms with van der Waals surface area (Å²) in [7, 11) is 0. The molecular formula is C5H4F3N2. The second kappa shape index (κ2) is 2.32. The van der Waals surface area contributed by atoms with E-state index in [2.05, 4.69) is 16.2 Å². The van der Waals surface area contributed by atoms with Gasteiger partial charge in [0.1, 0.15) is 18.4 Å². The normalized spacial score (nSPS) is 11.9. The molecule has 0 aromatic carbocycles. The molecule has 1 aromatic rings. The molecule has 0 fully saturated rings. The van der Waals surface area contributed by atoms with Crippen LogP contribution in [-0.2, 0) is 6.42 Å². The molecule has 0 aliphatic heterocycles. The van der Waals surface area contributed by atoms with Crippen LogP contribution in [-0.4, -0.2) is 16.1 Å². The molecule has 10 heavy (non-hydrogen) atoms. The number of hydrogen-bond donors (Lipinski definition) is 1. The van der Waals surface area contributed by atoms with Gasteiger partial charge >= 0.3 is 6.18 Å². The monoisotopic (exact) mass is 149 g/mol. The quantitative estimate of drug-likeness (QED) is 0.640. The van der Waals surface area contributed by atoms with Gasteiger partial charge < -0.3 is 4.98 Å². The fourth-order valence-electron chi connectivity index (χ4n) is 0.538. The van der Waals surface area contributed by atoms with E-state index in [9.17, 15) is 13.2 Å². The molecule has 1 aromatic heterocycles. The molecule has 0 amide bonds. The summed E-state index contributed by atoms with van der Waals surface area (Å²) < 4.78 is 34.6. The average molecular weight is 149 g/mol. The van der Waals surface area contributed by atoms with Crippen LogP contribution in [0, 0.1) is 6.20 Å². The Morgan fingerprint density at radius 3 is 2.70 bits per heavy atom. The summed E-state index contributed by atoms with van der Waals surface area (Å²) in [5, 5.41) is 0. The lowest BCUT2D eigenvalue weighted by Gasteiger charge is -2.01. The number of nitrogens with zero attached hydrogens (tertiary/aromatic N) is 1. The van der Waals surface area contributed by atoms with Gasteiger partial charge in [-0.2, -0.15) is 13.2 Å². The van der Waals surface area contributed by atoms with Crippen LogP contribution in [0.15, 0.2) is 6.20 Å². The number of nitrogens with one attached hydrogen (secondary N) is 1. The van der Waals surface area contributed by atoms with Gasteiger partial charge in [-0.15, -0.1) is 0 Å². The molecule has 0 aliphatic rings. The van der Waals surface area contributed by atoms with E-state index in [-0.39, 0.29) is 5.82 Å². The highest BCUT2D eigenvalue weighted by atomic mass is 19.4. The first-order valence-electron chi connectivity index (χ1n) is 2.55. The lowest BCUT2D eigenvalue weighted by atomic mass is 10.4. The van der Waals surface area contributed by atoms with Crippen LogP contribution in [0.4, 0.5) is 13.2 Å². The maximum atomic E-state index is 11.5. The van der Waals surface area contributed by atoms with Crippen molar-refractivity contribution < 1.29 is 13.2 Å². The fourth-order valence-corrected chi connectivity index (χ4v) is 0.538. The zero-order chi connectivity index (χ0) is 7.61. The Hall–Kier alpha value is -1.00. The number of aromatic amines is 1. The van der Waals surface area contributed by atoms with Gasteiger partial charge in [-0.3, -0.25) is 0 Å². The number of H-pyrrole nitrogens is 1. The van der Waals surface area contributed by atoms with Crippen LogP contribution in [0.25, 0.3) is 0 Å². The molecule has 1 heterocycles. The summed E-state index contributed by atoms with van der Waals surface area (Å²) in [6.07, 6.45) is -1.72. The molecule has 0 unspecified atom stereocenters. The summed E-state index contributed by atoms with van der Waals surface area (Å²) in [4.78, 5) is 5.61. The minimum absolute atomic E-state index is 0.104. The van der Waals surface area contributed by atoms with E-state index in [1.54, 1.807) is 0 Å². The van der Waals surface area contributed by atoms with E-state index in [1.807, 2.05) is 0 Å². The maximum Gasteiger partial charge on any atom is 0.396 e. The van der Waals surface area contributed by atoms with Crippen molar-refractivity contribution in [1.82, 2.24) is 9.97 Å². The van der Waals surface area contributed by atoms with Gasteiger partial charge in [0.2, 0.25) is 0 Å². The third-order valence-electron chi connectivity index (χ3n) is 0.871. The number of imidazole rings is 1. The van der Waals surface area contributed by atoms with Crippen molar-refractivity contribution in [3.63, 3.8) is 0 Å². The Labute approximate surface area is 55.1 Å². The number of halogens is 3. The van der Waals surface area contributed by atoms with Crippen molar-refractivity contribution in [1.29, 1.82) is 0 Å². The van der Waals surface area contributed by atoms with Crippen molar-refractivity contribution in [2.45, 2.75) is 12.6 Å². The number of alkyl halides is 3. The molecule has 0 bridgehead atoms. The molecule has 1 radical (unpaired) electrons. The van der Waals surface area contributed by atoms with Gasteiger partial charge in [-0.05, 0) is 0 Å². The first kappa shape index (κ1) is 7.11. The van der Waals surface area contributed by atoms with Gasteiger partial charge in [0, 0.05) is 6.20 Å². The largest absolute Gasteiger partial charge is 0.396 e. The molecule has 5 heteroatoms. The number of aromatic nitrogens is 2. The number of rotatable bonds is 1. The smallest absolute Gasteiger partial charge is 0.348 e. The van der Waals surface area contributed by atoms with E-state index in [1.165, 1.54) is 6.20 Å². The van der Waals surface area contributed by atoms with Crippen molar-refractivity contribution >= 4 is 0 Å². The van der Waals surface area contributed by atoms with Gasteiger partial charge in [-0.25, -0.2) is 4.98 Å². The van der Waals surface area contributed by atoms with E-state index >= 15 is 0 Å². The van der Waals surface area contributed by atoms with E-state index in [0.29, 0.717) is 0 Å². The van der Waals surface area contributed by atoms with Crippen LogP contribution in [0.1, 0.15) is 5.82 Å². The Bertz CT molecular complexity index is 189. The summed E-state index contributed by atoms with van der Waals surface area (Å²) in [5.41, 5.74) is 0. The van der Waals surface area contributed by atoms with Gasteiger partial charge in [0.25, 0.3) is 0 Å². The summed E-state index contributed by atoms with van der Waals surface area (Å²) in [5.74, 6) is -0.104. The molecular weight excluding hydrogens is 145 g/mol. The average Bonchev–Trinajstić information content (AvgIpc) is 2.12. The molecule has 1 rings (SSSR count). The Balaban J connectivity index is 2.57. The molecule has 0 aliphatic carbocycles. The van der Waals surface area contributed by atoms with Gasteiger partial charge in [-0.1, -0.05) is 0 Å². The zero-order valence-corrected chi connectivity index (χ0v) is 4.87. The first-order valence-corrected chi connectivity index (χ1v) is 2.55. The molecule has 0 atom stereocenters. The lowest BCUT2D eigenvalue weighted by molar-refractivity contribution is -0.128.